The Morgan fingerprint density at radius 1 is 1.64 bits per heavy atom. The van der Waals surface area contributed by atoms with Crippen molar-refractivity contribution in [3.63, 3.8) is 0 Å². The Labute approximate surface area is 90.1 Å². The monoisotopic (exact) mass is 219 g/mol. The third-order valence-electron chi connectivity index (χ3n) is 2.69. The SMILES string of the molecule is CC(CCl)C(C)NC(=O)C1CCCO1. The van der Waals surface area contributed by atoms with Gasteiger partial charge in [-0.05, 0) is 25.7 Å². The van der Waals surface area contributed by atoms with Crippen LogP contribution in [-0.4, -0.2) is 30.5 Å². The first-order valence-corrected chi connectivity index (χ1v) is 5.66. The minimum Gasteiger partial charge on any atom is -0.368 e. The molecular weight excluding hydrogens is 202 g/mol. The lowest BCUT2D eigenvalue weighted by atomic mass is 10.1. The Hall–Kier alpha value is -0.280. The lowest BCUT2D eigenvalue weighted by molar-refractivity contribution is -0.130. The molecule has 0 saturated carbocycles. The highest BCUT2D eigenvalue weighted by Gasteiger charge is 2.25. The van der Waals surface area contributed by atoms with Gasteiger partial charge in [-0.2, -0.15) is 0 Å². The lowest BCUT2D eigenvalue weighted by Gasteiger charge is -2.20. The number of amides is 1. The molecule has 0 aromatic carbocycles. The second-order valence-electron chi connectivity index (χ2n) is 3.93. The first-order chi connectivity index (χ1) is 6.65. The molecule has 0 bridgehead atoms. The quantitative estimate of drug-likeness (QED) is 0.729. The van der Waals surface area contributed by atoms with E-state index in [0.29, 0.717) is 18.4 Å². The van der Waals surface area contributed by atoms with Gasteiger partial charge in [0.1, 0.15) is 6.10 Å². The number of halogens is 1. The predicted molar refractivity (Wildman–Crippen MR) is 56.5 cm³/mol. The number of hydrogen-bond acceptors (Lipinski definition) is 2. The van der Waals surface area contributed by atoms with Gasteiger partial charge in [0, 0.05) is 18.5 Å². The Kier molecular flexibility index (Phi) is 4.69. The topological polar surface area (TPSA) is 38.3 Å². The van der Waals surface area contributed by atoms with E-state index in [1.54, 1.807) is 0 Å². The van der Waals surface area contributed by atoms with Crippen molar-refractivity contribution in [2.75, 3.05) is 12.5 Å². The molecule has 1 amide bonds. The highest BCUT2D eigenvalue weighted by atomic mass is 35.5. The van der Waals surface area contributed by atoms with Gasteiger partial charge in [-0.25, -0.2) is 0 Å². The summed E-state index contributed by atoms with van der Waals surface area (Å²) in [5.41, 5.74) is 0. The van der Waals surface area contributed by atoms with Gasteiger partial charge < -0.3 is 10.1 Å². The molecule has 0 aliphatic carbocycles. The molecule has 3 atom stereocenters. The molecule has 14 heavy (non-hydrogen) atoms. The molecule has 1 saturated heterocycles. The van der Waals surface area contributed by atoms with Crippen molar-refractivity contribution >= 4 is 17.5 Å². The van der Waals surface area contributed by atoms with Gasteiger partial charge in [0.25, 0.3) is 0 Å². The van der Waals surface area contributed by atoms with Crippen molar-refractivity contribution in [2.24, 2.45) is 5.92 Å². The summed E-state index contributed by atoms with van der Waals surface area (Å²) in [6, 6.07) is 0.115. The first kappa shape index (κ1) is 11.8. The maximum Gasteiger partial charge on any atom is 0.249 e. The Bertz CT molecular complexity index is 193. The summed E-state index contributed by atoms with van der Waals surface area (Å²) in [5, 5.41) is 2.92. The first-order valence-electron chi connectivity index (χ1n) is 5.13. The van der Waals surface area contributed by atoms with E-state index in [9.17, 15) is 4.79 Å². The minimum absolute atomic E-state index is 0.00645. The largest absolute Gasteiger partial charge is 0.368 e. The van der Waals surface area contributed by atoms with E-state index in [0.717, 1.165) is 12.8 Å². The molecule has 1 aliphatic rings. The molecule has 3 nitrogen and oxygen atoms in total. The van der Waals surface area contributed by atoms with E-state index >= 15 is 0 Å². The molecule has 1 rings (SSSR count). The van der Waals surface area contributed by atoms with Crippen LogP contribution in [0.15, 0.2) is 0 Å². The van der Waals surface area contributed by atoms with E-state index in [4.69, 9.17) is 16.3 Å². The van der Waals surface area contributed by atoms with Crippen LogP contribution in [-0.2, 0) is 9.53 Å². The highest BCUT2D eigenvalue weighted by Crippen LogP contribution is 2.13. The molecular formula is C10H18ClNO2. The predicted octanol–water partition coefficient (Wildman–Crippen LogP) is 1.54. The summed E-state index contributed by atoms with van der Waals surface area (Å²) in [7, 11) is 0. The van der Waals surface area contributed by atoms with Crippen LogP contribution in [0.25, 0.3) is 0 Å². The van der Waals surface area contributed by atoms with Gasteiger partial charge in [0.05, 0.1) is 0 Å². The summed E-state index contributed by atoms with van der Waals surface area (Å²) in [4.78, 5) is 11.6. The van der Waals surface area contributed by atoms with Crippen LogP contribution in [0.5, 0.6) is 0 Å². The number of carbonyl (C=O) groups is 1. The number of alkyl halides is 1. The molecule has 82 valence electrons. The van der Waals surface area contributed by atoms with E-state index in [1.165, 1.54) is 0 Å². The maximum atomic E-state index is 11.6. The average molecular weight is 220 g/mol. The summed E-state index contributed by atoms with van der Waals surface area (Å²) >= 11 is 5.71. The Balaban J connectivity index is 2.31. The summed E-state index contributed by atoms with van der Waals surface area (Å²) < 4.78 is 5.28. The average Bonchev–Trinajstić information content (AvgIpc) is 2.69. The van der Waals surface area contributed by atoms with E-state index < -0.39 is 0 Å². The maximum absolute atomic E-state index is 11.6. The number of rotatable bonds is 4. The molecule has 0 spiro atoms. The standard InChI is InChI=1S/C10H18ClNO2/c1-7(6-11)8(2)12-10(13)9-4-3-5-14-9/h7-9H,3-6H2,1-2H3,(H,12,13). The smallest absolute Gasteiger partial charge is 0.249 e. The Morgan fingerprint density at radius 3 is 2.86 bits per heavy atom. The Morgan fingerprint density at radius 2 is 2.36 bits per heavy atom. The molecule has 1 N–H and O–H groups in total. The zero-order valence-electron chi connectivity index (χ0n) is 8.75. The minimum atomic E-state index is -0.236. The number of hydrogen-bond donors (Lipinski definition) is 1. The van der Waals surface area contributed by atoms with E-state index in [-0.39, 0.29) is 18.1 Å². The third kappa shape index (κ3) is 3.14. The van der Waals surface area contributed by atoms with Crippen molar-refractivity contribution in [1.82, 2.24) is 5.32 Å². The van der Waals surface area contributed by atoms with Crippen LogP contribution in [0.3, 0.4) is 0 Å². The fourth-order valence-corrected chi connectivity index (χ4v) is 1.64. The zero-order chi connectivity index (χ0) is 10.6. The van der Waals surface area contributed by atoms with Gasteiger partial charge in [-0.15, -0.1) is 11.6 Å². The molecule has 0 aromatic rings. The van der Waals surface area contributed by atoms with Gasteiger partial charge >= 0.3 is 0 Å². The van der Waals surface area contributed by atoms with E-state index in [1.807, 2.05) is 13.8 Å². The molecule has 3 unspecified atom stereocenters. The van der Waals surface area contributed by atoms with Gasteiger partial charge in [0.15, 0.2) is 0 Å². The number of nitrogens with one attached hydrogen (secondary N) is 1. The summed E-state index contributed by atoms with van der Waals surface area (Å²) in [6.45, 7) is 4.70. The van der Waals surface area contributed by atoms with Crippen LogP contribution in [0.1, 0.15) is 26.7 Å². The zero-order valence-corrected chi connectivity index (χ0v) is 9.51. The fraction of sp³-hybridized carbons (Fsp3) is 0.900. The highest BCUT2D eigenvalue weighted by molar-refractivity contribution is 6.18. The molecule has 0 radical (unpaired) electrons. The van der Waals surface area contributed by atoms with Crippen molar-refractivity contribution < 1.29 is 9.53 Å². The van der Waals surface area contributed by atoms with Gasteiger partial charge in [0.2, 0.25) is 5.91 Å². The van der Waals surface area contributed by atoms with Crippen LogP contribution < -0.4 is 5.32 Å². The third-order valence-corrected chi connectivity index (χ3v) is 3.18. The summed E-state index contributed by atoms with van der Waals surface area (Å²) in [5.74, 6) is 0.862. The van der Waals surface area contributed by atoms with Crippen LogP contribution in [0.2, 0.25) is 0 Å². The molecule has 4 heteroatoms. The number of ether oxygens (including phenoxy) is 1. The fourth-order valence-electron chi connectivity index (χ4n) is 1.38. The second kappa shape index (κ2) is 5.56. The molecule has 0 aromatic heterocycles. The second-order valence-corrected chi connectivity index (χ2v) is 4.24. The summed E-state index contributed by atoms with van der Waals surface area (Å²) in [6.07, 6.45) is 1.59. The van der Waals surface area contributed by atoms with Crippen molar-refractivity contribution in [1.29, 1.82) is 0 Å². The van der Waals surface area contributed by atoms with Crippen LogP contribution in [0.4, 0.5) is 0 Å². The molecule has 1 aliphatic heterocycles. The lowest BCUT2D eigenvalue weighted by Crippen LogP contribution is -2.43. The normalized spacial score (nSPS) is 25.8. The number of carbonyl (C=O) groups excluding carboxylic acids is 1. The van der Waals surface area contributed by atoms with Crippen molar-refractivity contribution in [3.05, 3.63) is 0 Å². The van der Waals surface area contributed by atoms with Crippen LogP contribution in [0, 0.1) is 5.92 Å². The van der Waals surface area contributed by atoms with Crippen LogP contribution >= 0.6 is 11.6 Å². The van der Waals surface area contributed by atoms with Crippen molar-refractivity contribution in [2.45, 2.75) is 38.8 Å². The van der Waals surface area contributed by atoms with Crippen molar-refractivity contribution in [3.8, 4) is 0 Å². The van der Waals surface area contributed by atoms with Gasteiger partial charge in [-0.1, -0.05) is 6.92 Å². The molecule has 1 heterocycles. The molecule has 1 fully saturated rings. The van der Waals surface area contributed by atoms with E-state index in [2.05, 4.69) is 5.32 Å². The van der Waals surface area contributed by atoms with Gasteiger partial charge in [-0.3, -0.25) is 4.79 Å².